The summed E-state index contributed by atoms with van der Waals surface area (Å²) in [5.41, 5.74) is 1.39. The van der Waals surface area contributed by atoms with Crippen LogP contribution in [0.1, 0.15) is 16.8 Å². The molecule has 8 nitrogen and oxygen atoms in total. The van der Waals surface area contributed by atoms with Gasteiger partial charge < -0.3 is 20.1 Å². The largest absolute Gasteiger partial charge is 0.482 e. The summed E-state index contributed by atoms with van der Waals surface area (Å²) in [6, 6.07) is 11.9. The summed E-state index contributed by atoms with van der Waals surface area (Å²) in [7, 11) is 0. The Hall–Kier alpha value is -3.33. The van der Waals surface area contributed by atoms with Crippen LogP contribution in [0.25, 0.3) is 0 Å². The van der Waals surface area contributed by atoms with Crippen molar-refractivity contribution in [1.29, 1.82) is 0 Å². The number of Topliss-reactive ketones (excluding diaryl/α,β-unsaturated/α-hetero) is 1. The standard InChI is InChI=1S/C20H16N2O6S/c23-14(11-5-6-15-13(7-11)21-18(24)10-27-15)9-28-19(25)8-17-20(26)22-12-3-1-2-4-16(12)29-17/h1-7,17H,8-10H2,(H,21,24)(H,22,26)/t17-/m0/s1. The SMILES string of the molecule is O=C1COc2ccc(C(=O)COC(=O)C[C@@H]3Sc4ccccc4NC3=O)cc2N1. The fraction of sp³-hybridized carbons (Fsp3) is 0.200. The highest BCUT2D eigenvalue weighted by molar-refractivity contribution is 8.01. The summed E-state index contributed by atoms with van der Waals surface area (Å²) in [6.45, 7) is -0.531. The second-order valence-electron chi connectivity index (χ2n) is 6.43. The number of para-hydroxylation sites is 1. The molecule has 2 aliphatic heterocycles. The second-order valence-corrected chi connectivity index (χ2v) is 7.67. The number of nitrogens with one attached hydrogen (secondary N) is 2. The molecule has 0 bridgehead atoms. The van der Waals surface area contributed by atoms with Crippen molar-refractivity contribution in [1.82, 2.24) is 0 Å². The number of amides is 2. The summed E-state index contributed by atoms with van der Waals surface area (Å²) in [6.07, 6.45) is -0.147. The highest BCUT2D eigenvalue weighted by Gasteiger charge is 2.29. The van der Waals surface area contributed by atoms with E-state index in [1.54, 1.807) is 12.1 Å². The molecule has 9 heteroatoms. The van der Waals surface area contributed by atoms with Gasteiger partial charge in [-0.3, -0.25) is 19.2 Å². The Morgan fingerprint density at radius 2 is 1.93 bits per heavy atom. The topological polar surface area (TPSA) is 111 Å². The quantitative estimate of drug-likeness (QED) is 0.572. The number of rotatable bonds is 5. The normalized spacial score (nSPS) is 17.2. The number of benzene rings is 2. The van der Waals surface area contributed by atoms with Crippen molar-refractivity contribution in [3.8, 4) is 5.75 Å². The first kappa shape index (κ1) is 19.0. The smallest absolute Gasteiger partial charge is 0.307 e. The zero-order valence-electron chi connectivity index (χ0n) is 15.1. The predicted molar refractivity (Wildman–Crippen MR) is 105 cm³/mol. The van der Waals surface area contributed by atoms with Gasteiger partial charge in [0.2, 0.25) is 5.91 Å². The third-order valence-electron chi connectivity index (χ3n) is 4.36. The van der Waals surface area contributed by atoms with E-state index in [4.69, 9.17) is 9.47 Å². The van der Waals surface area contributed by atoms with Crippen molar-refractivity contribution >= 4 is 46.7 Å². The lowest BCUT2D eigenvalue weighted by atomic mass is 10.1. The third-order valence-corrected chi connectivity index (χ3v) is 5.63. The fourth-order valence-electron chi connectivity index (χ4n) is 2.92. The minimum absolute atomic E-state index is 0.0743. The molecule has 0 saturated carbocycles. The third kappa shape index (κ3) is 4.24. The van der Waals surface area contributed by atoms with E-state index in [0.717, 1.165) is 4.90 Å². The number of esters is 1. The van der Waals surface area contributed by atoms with Crippen LogP contribution in [0.4, 0.5) is 11.4 Å². The van der Waals surface area contributed by atoms with E-state index in [2.05, 4.69) is 10.6 Å². The number of hydrogen-bond acceptors (Lipinski definition) is 7. The Bertz CT molecular complexity index is 1020. The van der Waals surface area contributed by atoms with Gasteiger partial charge >= 0.3 is 5.97 Å². The van der Waals surface area contributed by atoms with Crippen molar-refractivity contribution in [2.75, 3.05) is 23.8 Å². The summed E-state index contributed by atoms with van der Waals surface area (Å²) in [4.78, 5) is 48.9. The van der Waals surface area contributed by atoms with Crippen LogP contribution in [0, 0.1) is 0 Å². The van der Waals surface area contributed by atoms with Gasteiger partial charge in [0.15, 0.2) is 19.0 Å². The van der Waals surface area contributed by atoms with Crippen LogP contribution in [0.2, 0.25) is 0 Å². The van der Waals surface area contributed by atoms with Crippen molar-refractivity contribution in [3.63, 3.8) is 0 Å². The molecule has 1 atom stereocenters. The highest BCUT2D eigenvalue weighted by atomic mass is 32.2. The van der Waals surface area contributed by atoms with Gasteiger partial charge in [-0.15, -0.1) is 11.8 Å². The molecular weight excluding hydrogens is 396 g/mol. The molecule has 2 heterocycles. The first-order valence-electron chi connectivity index (χ1n) is 8.81. The van der Waals surface area contributed by atoms with E-state index in [0.29, 0.717) is 17.1 Å². The van der Waals surface area contributed by atoms with E-state index in [9.17, 15) is 19.2 Å². The molecular formula is C20H16N2O6S. The van der Waals surface area contributed by atoms with E-state index in [1.807, 2.05) is 18.2 Å². The van der Waals surface area contributed by atoms with Gasteiger partial charge in [-0.1, -0.05) is 12.1 Å². The molecule has 0 spiro atoms. The Morgan fingerprint density at radius 3 is 2.79 bits per heavy atom. The maximum Gasteiger partial charge on any atom is 0.307 e. The maximum absolute atomic E-state index is 12.3. The van der Waals surface area contributed by atoms with E-state index < -0.39 is 23.6 Å². The molecule has 0 fully saturated rings. The fourth-order valence-corrected chi connectivity index (χ4v) is 4.02. The van der Waals surface area contributed by atoms with Crippen molar-refractivity contribution < 1.29 is 28.7 Å². The zero-order valence-corrected chi connectivity index (χ0v) is 15.9. The minimum Gasteiger partial charge on any atom is -0.482 e. The van der Waals surface area contributed by atoms with Gasteiger partial charge in [0.05, 0.1) is 23.0 Å². The van der Waals surface area contributed by atoms with Gasteiger partial charge in [0, 0.05) is 10.5 Å². The molecule has 4 rings (SSSR count). The average molecular weight is 412 g/mol. The first-order valence-corrected chi connectivity index (χ1v) is 9.69. The molecule has 2 amide bonds. The predicted octanol–water partition coefficient (Wildman–Crippen LogP) is 2.25. The van der Waals surface area contributed by atoms with E-state index in [-0.39, 0.29) is 30.4 Å². The molecule has 0 radical (unpaired) electrons. The number of carbonyl (C=O) groups is 4. The number of carbonyl (C=O) groups excluding carboxylic acids is 4. The molecule has 29 heavy (non-hydrogen) atoms. The van der Waals surface area contributed by atoms with Gasteiger partial charge in [0.25, 0.3) is 5.91 Å². The monoisotopic (exact) mass is 412 g/mol. The number of thioether (sulfide) groups is 1. The number of fused-ring (bicyclic) bond motifs is 2. The van der Waals surface area contributed by atoms with Crippen LogP contribution in [0.3, 0.4) is 0 Å². The Morgan fingerprint density at radius 1 is 1.10 bits per heavy atom. The number of ether oxygens (including phenoxy) is 2. The summed E-state index contributed by atoms with van der Waals surface area (Å²) < 4.78 is 10.3. The molecule has 0 unspecified atom stereocenters. The Labute approximate surface area is 169 Å². The molecule has 2 N–H and O–H groups in total. The number of ketones is 1. The van der Waals surface area contributed by atoms with Gasteiger partial charge in [-0.25, -0.2) is 0 Å². The lowest BCUT2D eigenvalue weighted by Crippen LogP contribution is -2.31. The van der Waals surface area contributed by atoms with E-state index >= 15 is 0 Å². The van der Waals surface area contributed by atoms with Gasteiger partial charge in [0.1, 0.15) is 5.75 Å². The van der Waals surface area contributed by atoms with Crippen LogP contribution in [0.5, 0.6) is 5.75 Å². The van der Waals surface area contributed by atoms with Crippen LogP contribution < -0.4 is 15.4 Å². The highest BCUT2D eigenvalue weighted by Crippen LogP contribution is 2.36. The first-order chi connectivity index (χ1) is 14.0. The molecule has 2 aromatic rings. The molecule has 0 aromatic heterocycles. The minimum atomic E-state index is -0.639. The maximum atomic E-state index is 12.3. The zero-order chi connectivity index (χ0) is 20.4. The van der Waals surface area contributed by atoms with Crippen molar-refractivity contribution in [2.45, 2.75) is 16.6 Å². The molecule has 0 saturated heterocycles. The van der Waals surface area contributed by atoms with Crippen LogP contribution in [-0.4, -0.2) is 42.0 Å². The Kier molecular flexibility index (Phi) is 5.22. The molecule has 2 aliphatic rings. The van der Waals surface area contributed by atoms with Gasteiger partial charge in [-0.2, -0.15) is 0 Å². The van der Waals surface area contributed by atoms with Crippen LogP contribution in [0.15, 0.2) is 47.4 Å². The van der Waals surface area contributed by atoms with Crippen molar-refractivity contribution in [3.05, 3.63) is 48.0 Å². The van der Waals surface area contributed by atoms with Crippen molar-refractivity contribution in [2.24, 2.45) is 0 Å². The lowest BCUT2D eigenvalue weighted by molar-refractivity contribution is -0.143. The Balaban J connectivity index is 1.33. The number of hydrogen-bond donors (Lipinski definition) is 2. The van der Waals surface area contributed by atoms with Gasteiger partial charge in [-0.05, 0) is 30.3 Å². The van der Waals surface area contributed by atoms with Crippen LogP contribution in [-0.2, 0) is 19.1 Å². The molecule has 2 aromatic carbocycles. The average Bonchev–Trinajstić information content (AvgIpc) is 2.72. The number of anilines is 2. The summed E-state index contributed by atoms with van der Waals surface area (Å²) >= 11 is 1.29. The molecule has 148 valence electrons. The summed E-state index contributed by atoms with van der Waals surface area (Å²) in [5, 5.41) is 4.75. The summed E-state index contributed by atoms with van der Waals surface area (Å²) in [5.74, 6) is -1.17. The molecule has 0 aliphatic carbocycles. The van der Waals surface area contributed by atoms with E-state index in [1.165, 1.54) is 23.9 Å². The van der Waals surface area contributed by atoms with Crippen LogP contribution >= 0.6 is 11.8 Å². The second kappa shape index (κ2) is 7.96. The lowest BCUT2D eigenvalue weighted by Gasteiger charge is -2.23.